The first-order chi connectivity index (χ1) is 14.8. The molecular weight excluding hydrogens is 420 g/mol. The fourth-order valence-electron chi connectivity index (χ4n) is 3.73. The van der Waals surface area contributed by atoms with Gasteiger partial charge in [0.1, 0.15) is 18.1 Å². The highest BCUT2D eigenvalue weighted by Gasteiger charge is 2.39. The van der Waals surface area contributed by atoms with Gasteiger partial charge in [-0.05, 0) is 37.5 Å². The Bertz CT molecular complexity index is 710. The standard InChI is InChI=1S/C21H36N4O7/c1-11(2)8-13(22)18(28)23-14(9-12(3)4)19(29)24-15(10-17(26)27)20(30)25-7-5-6-16(25)21(31)32/h11-16H,5-10,22H2,1-4H3,(H,23,28)(H,24,29)(H,26,27)(H,31,32). The molecule has 32 heavy (non-hydrogen) atoms. The lowest BCUT2D eigenvalue weighted by Gasteiger charge is -2.28. The molecule has 1 fully saturated rings. The van der Waals surface area contributed by atoms with Gasteiger partial charge in [0.25, 0.3) is 0 Å². The van der Waals surface area contributed by atoms with E-state index in [0.717, 1.165) is 4.90 Å². The molecule has 0 aromatic rings. The highest BCUT2D eigenvalue weighted by Crippen LogP contribution is 2.19. The third-order valence-corrected chi connectivity index (χ3v) is 5.22. The zero-order chi connectivity index (χ0) is 24.6. The molecule has 6 N–H and O–H groups in total. The van der Waals surface area contributed by atoms with E-state index in [1.807, 2.05) is 27.7 Å². The first-order valence-corrected chi connectivity index (χ1v) is 10.9. The molecule has 11 heteroatoms. The molecule has 1 heterocycles. The minimum atomic E-state index is -1.45. The second-order valence-corrected chi connectivity index (χ2v) is 9.11. The highest BCUT2D eigenvalue weighted by atomic mass is 16.4. The number of likely N-dealkylation sites (tertiary alicyclic amines) is 1. The van der Waals surface area contributed by atoms with Crippen molar-refractivity contribution in [3.63, 3.8) is 0 Å². The number of aliphatic carboxylic acids is 2. The molecule has 0 spiro atoms. The predicted octanol–water partition coefficient (Wildman–Crippen LogP) is -0.0742. The molecule has 1 aliphatic rings. The molecule has 1 aliphatic heterocycles. The number of nitrogens with zero attached hydrogens (tertiary/aromatic N) is 1. The average Bonchev–Trinajstić information content (AvgIpc) is 3.15. The van der Waals surface area contributed by atoms with E-state index in [4.69, 9.17) is 5.73 Å². The molecule has 0 saturated carbocycles. The van der Waals surface area contributed by atoms with Gasteiger partial charge in [-0.3, -0.25) is 19.2 Å². The average molecular weight is 457 g/mol. The van der Waals surface area contributed by atoms with Gasteiger partial charge in [0.2, 0.25) is 17.7 Å². The zero-order valence-corrected chi connectivity index (χ0v) is 19.2. The maximum Gasteiger partial charge on any atom is 0.326 e. The lowest BCUT2D eigenvalue weighted by Crippen LogP contribution is -2.57. The first kappa shape index (κ1) is 27.3. The Hall–Kier alpha value is -2.69. The van der Waals surface area contributed by atoms with Crippen LogP contribution in [0.25, 0.3) is 0 Å². The third-order valence-electron chi connectivity index (χ3n) is 5.22. The minimum absolute atomic E-state index is 0.0102. The normalized spacial score (nSPS) is 18.8. The number of hydrogen-bond donors (Lipinski definition) is 5. The van der Waals surface area contributed by atoms with E-state index >= 15 is 0 Å². The summed E-state index contributed by atoms with van der Waals surface area (Å²) in [7, 11) is 0. The van der Waals surface area contributed by atoms with Crippen LogP contribution in [0, 0.1) is 11.8 Å². The number of rotatable bonds is 12. The number of amides is 3. The molecular formula is C21H36N4O7. The van der Waals surface area contributed by atoms with Crippen LogP contribution >= 0.6 is 0 Å². The van der Waals surface area contributed by atoms with Crippen LogP contribution in [0.15, 0.2) is 0 Å². The van der Waals surface area contributed by atoms with Crippen LogP contribution in [0.4, 0.5) is 0 Å². The van der Waals surface area contributed by atoms with Gasteiger partial charge in [0.05, 0.1) is 12.5 Å². The van der Waals surface area contributed by atoms with Gasteiger partial charge in [-0.15, -0.1) is 0 Å². The Kier molecular flexibility index (Phi) is 10.6. The lowest BCUT2D eigenvalue weighted by molar-refractivity contribution is -0.150. The van der Waals surface area contributed by atoms with Crippen molar-refractivity contribution >= 4 is 29.7 Å². The molecule has 0 bridgehead atoms. The van der Waals surface area contributed by atoms with Gasteiger partial charge in [0.15, 0.2) is 0 Å². The van der Waals surface area contributed by atoms with Gasteiger partial charge in [-0.2, -0.15) is 0 Å². The molecule has 0 radical (unpaired) electrons. The van der Waals surface area contributed by atoms with Gasteiger partial charge >= 0.3 is 11.9 Å². The number of carbonyl (C=O) groups excluding carboxylic acids is 3. The van der Waals surface area contributed by atoms with Gasteiger partial charge in [-0.25, -0.2) is 4.79 Å². The van der Waals surface area contributed by atoms with E-state index in [1.165, 1.54) is 0 Å². The van der Waals surface area contributed by atoms with Crippen LogP contribution in [0.3, 0.4) is 0 Å². The number of carboxylic acids is 2. The summed E-state index contributed by atoms with van der Waals surface area (Å²) in [5, 5.41) is 23.6. The predicted molar refractivity (Wildman–Crippen MR) is 115 cm³/mol. The van der Waals surface area contributed by atoms with Crippen LogP contribution in [-0.2, 0) is 24.0 Å². The summed E-state index contributed by atoms with van der Waals surface area (Å²) in [5.41, 5.74) is 5.90. The number of nitrogens with two attached hydrogens (primary N) is 1. The molecule has 0 aromatic carbocycles. The molecule has 4 unspecified atom stereocenters. The quantitative estimate of drug-likeness (QED) is 0.270. The molecule has 182 valence electrons. The molecule has 1 saturated heterocycles. The van der Waals surface area contributed by atoms with Crippen LogP contribution in [-0.4, -0.2) is 75.5 Å². The summed E-state index contributed by atoms with van der Waals surface area (Å²) in [4.78, 5) is 62.1. The second kappa shape index (κ2) is 12.4. The number of carboxylic acid groups (broad SMARTS) is 2. The largest absolute Gasteiger partial charge is 0.481 e. The third kappa shape index (κ3) is 8.45. The van der Waals surface area contributed by atoms with E-state index in [1.54, 1.807) is 0 Å². The van der Waals surface area contributed by atoms with Gasteiger partial charge < -0.3 is 31.5 Å². The fourth-order valence-corrected chi connectivity index (χ4v) is 3.73. The van der Waals surface area contributed by atoms with Gasteiger partial charge in [-0.1, -0.05) is 27.7 Å². The summed E-state index contributed by atoms with van der Waals surface area (Å²) in [5.74, 6) is -4.31. The van der Waals surface area contributed by atoms with Crippen molar-refractivity contribution in [2.24, 2.45) is 17.6 Å². The summed E-state index contributed by atoms with van der Waals surface area (Å²) >= 11 is 0. The van der Waals surface area contributed by atoms with E-state index < -0.39 is 60.2 Å². The van der Waals surface area contributed by atoms with Crippen molar-refractivity contribution in [2.75, 3.05) is 6.54 Å². The fraction of sp³-hybridized carbons (Fsp3) is 0.762. The van der Waals surface area contributed by atoms with Crippen molar-refractivity contribution < 1.29 is 34.2 Å². The Labute approximate surface area is 188 Å². The Balaban J connectivity index is 3.00. The monoisotopic (exact) mass is 456 g/mol. The van der Waals surface area contributed by atoms with Crippen molar-refractivity contribution in [2.45, 2.75) is 84.0 Å². The first-order valence-electron chi connectivity index (χ1n) is 10.9. The molecule has 4 atom stereocenters. The summed E-state index contributed by atoms with van der Waals surface area (Å²) in [6.07, 6.45) is 0.697. The van der Waals surface area contributed by atoms with Gasteiger partial charge in [0, 0.05) is 6.54 Å². The molecule has 3 amide bonds. The Morgan fingerprint density at radius 2 is 1.50 bits per heavy atom. The SMILES string of the molecule is CC(C)CC(N)C(=O)NC(CC(C)C)C(=O)NC(CC(=O)O)C(=O)N1CCCC1C(=O)O. The van der Waals surface area contributed by atoms with Crippen molar-refractivity contribution in [1.29, 1.82) is 0 Å². The second-order valence-electron chi connectivity index (χ2n) is 9.11. The number of carbonyl (C=O) groups is 5. The van der Waals surface area contributed by atoms with Crippen molar-refractivity contribution in [3.05, 3.63) is 0 Å². The molecule has 11 nitrogen and oxygen atoms in total. The topological polar surface area (TPSA) is 179 Å². The van der Waals surface area contributed by atoms with Crippen LogP contribution in [0.5, 0.6) is 0 Å². The van der Waals surface area contributed by atoms with E-state index in [0.29, 0.717) is 12.8 Å². The highest BCUT2D eigenvalue weighted by molar-refractivity contribution is 5.95. The maximum absolute atomic E-state index is 12.9. The molecule has 0 aliphatic carbocycles. The molecule has 1 rings (SSSR count). The van der Waals surface area contributed by atoms with E-state index in [2.05, 4.69) is 10.6 Å². The Morgan fingerprint density at radius 1 is 0.938 bits per heavy atom. The number of nitrogens with one attached hydrogen (secondary N) is 2. The van der Waals surface area contributed by atoms with Crippen molar-refractivity contribution in [3.8, 4) is 0 Å². The van der Waals surface area contributed by atoms with Crippen LogP contribution in [0.2, 0.25) is 0 Å². The van der Waals surface area contributed by atoms with Crippen LogP contribution in [0.1, 0.15) is 59.8 Å². The van der Waals surface area contributed by atoms with Crippen molar-refractivity contribution in [1.82, 2.24) is 15.5 Å². The summed E-state index contributed by atoms with van der Waals surface area (Å²) < 4.78 is 0. The lowest BCUT2D eigenvalue weighted by atomic mass is 10.00. The summed E-state index contributed by atoms with van der Waals surface area (Å²) in [6.45, 7) is 7.69. The smallest absolute Gasteiger partial charge is 0.326 e. The Morgan fingerprint density at radius 3 is 2.00 bits per heavy atom. The molecule has 0 aromatic heterocycles. The number of hydrogen-bond acceptors (Lipinski definition) is 6. The maximum atomic E-state index is 12.9. The van der Waals surface area contributed by atoms with E-state index in [-0.39, 0.29) is 31.2 Å². The van der Waals surface area contributed by atoms with Crippen LogP contribution < -0.4 is 16.4 Å². The zero-order valence-electron chi connectivity index (χ0n) is 19.2. The van der Waals surface area contributed by atoms with E-state index in [9.17, 15) is 34.2 Å². The summed E-state index contributed by atoms with van der Waals surface area (Å²) in [6, 6.07) is -4.33. The minimum Gasteiger partial charge on any atom is -0.481 e.